The molecule has 0 radical (unpaired) electrons. The normalized spacial score (nSPS) is 17.2. The minimum absolute atomic E-state index is 0.248. The van der Waals surface area contributed by atoms with E-state index in [1.807, 2.05) is 30.3 Å². The average Bonchev–Trinajstić information content (AvgIpc) is 2.48. The van der Waals surface area contributed by atoms with Crippen LogP contribution in [0.3, 0.4) is 0 Å². The highest BCUT2D eigenvalue weighted by Gasteiger charge is 2.20. The van der Waals surface area contributed by atoms with Crippen LogP contribution in [0.25, 0.3) is 0 Å². The molecule has 0 aliphatic carbocycles. The topological polar surface area (TPSA) is 72.2 Å². The molecule has 1 aromatic carbocycles. The Morgan fingerprint density at radius 3 is 3.05 bits per heavy atom. The van der Waals surface area contributed by atoms with Crippen LogP contribution in [0.4, 0.5) is 11.5 Å². The lowest BCUT2D eigenvalue weighted by atomic mass is 10.0. The third kappa shape index (κ3) is 2.46. The molecular weight excluding hydrogens is 240 g/mol. The first-order valence-corrected chi connectivity index (χ1v) is 6.28. The third-order valence-electron chi connectivity index (χ3n) is 3.21. The van der Waals surface area contributed by atoms with Crippen LogP contribution >= 0.6 is 0 Å². The second-order valence-electron chi connectivity index (χ2n) is 4.45. The number of nitrogen functional groups attached to an aromatic ring is 1. The van der Waals surface area contributed by atoms with Gasteiger partial charge in [0.05, 0.1) is 12.6 Å². The van der Waals surface area contributed by atoms with E-state index in [4.69, 9.17) is 10.6 Å². The lowest BCUT2D eigenvalue weighted by Gasteiger charge is -2.27. The summed E-state index contributed by atoms with van der Waals surface area (Å²) in [6.07, 6.45) is 2.66. The number of para-hydroxylation sites is 1. The molecule has 4 N–H and O–H groups in total. The van der Waals surface area contributed by atoms with Crippen molar-refractivity contribution in [2.24, 2.45) is 5.84 Å². The first-order valence-electron chi connectivity index (χ1n) is 6.28. The van der Waals surface area contributed by atoms with Crippen LogP contribution in [0.1, 0.15) is 18.0 Å². The van der Waals surface area contributed by atoms with Crippen LogP contribution in [0, 0.1) is 0 Å². The molecule has 1 atom stereocenters. The Hall–Kier alpha value is -2.27. The van der Waals surface area contributed by atoms with Crippen LogP contribution in [-0.4, -0.2) is 11.6 Å². The maximum atomic E-state index is 5.65. The lowest BCUT2D eigenvalue weighted by molar-refractivity contribution is 0.274. The molecule has 1 aliphatic rings. The molecular formula is C14H16N4O. The summed E-state index contributed by atoms with van der Waals surface area (Å²) in [5, 5.41) is 3.50. The van der Waals surface area contributed by atoms with E-state index in [0.29, 0.717) is 5.82 Å². The number of rotatable bonds is 3. The summed E-state index contributed by atoms with van der Waals surface area (Å²) in [5.74, 6) is 6.97. The van der Waals surface area contributed by atoms with E-state index >= 15 is 0 Å². The highest BCUT2D eigenvalue weighted by atomic mass is 16.5. The van der Waals surface area contributed by atoms with E-state index in [2.05, 4.69) is 21.8 Å². The Labute approximate surface area is 111 Å². The van der Waals surface area contributed by atoms with E-state index in [-0.39, 0.29) is 6.04 Å². The zero-order valence-corrected chi connectivity index (χ0v) is 10.5. The van der Waals surface area contributed by atoms with E-state index in [0.717, 1.165) is 24.5 Å². The minimum atomic E-state index is 0.248. The van der Waals surface area contributed by atoms with E-state index in [1.54, 1.807) is 6.20 Å². The number of hydrazine groups is 1. The molecule has 0 bridgehead atoms. The Morgan fingerprint density at radius 1 is 1.26 bits per heavy atom. The lowest BCUT2D eigenvalue weighted by Crippen LogP contribution is -2.20. The summed E-state index contributed by atoms with van der Waals surface area (Å²) >= 11 is 0. The molecule has 3 rings (SSSR count). The monoisotopic (exact) mass is 256 g/mol. The molecule has 5 heteroatoms. The molecule has 0 saturated heterocycles. The summed E-state index contributed by atoms with van der Waals surface area (Å²) in [7, 11) is 0. The zero-order chi connectivity index (χ0) is 13.1. The summed E-state index contributed by atoms with van der Waals surface area (Å²) in [6.45, 7) is 0.724. The van der Waals surface area contributed by atoms with Crippen LogP contribution < -0.4 is 21.3 Å². The van der Waals surface area contributed by atoms with Gasteiger partial charge in [0, 0.05) is 29.9 Å². The van der Waals surface area contributed by atoms with Crippen LogP contribution in [-0.2, 0) is 0 Å². The van der Waals surface area contributed by atoms with Gasteiger partial charge in [0.1, 0.15) is 11.6 Å². The number of nitrogens with zero attached hydrogens (tertiary/aromatic N) is 1. The van der Waals surface area contributed by atoms with Gasteiger partial charge in [-0.1, -0.05) is 18.2 Å². The number of anilines is 2. The second-order valence-corrected chi connectivity index (χ2v) is 4.45. The number of pyridine rings is 1. The van der Waals surface area contributed by atoms with Gasteiger partial charge in [-0.2, -0.15) is 0 Å². The Balaban J connectivity index is 1.84. The molecule has 1 unspecified atom stereocenters. The first kappa shape index (κ1) is 11.8. The van der Waals surface area contributed by atoms with Crippen molar-refractivity contribution < 1.29 is 4.74 Å². The van der Waals surface area contributed by atoms with Gasteiger partial charge >= 0.3 is 0 Å². The van der Waals surface area contributed by atoms with Gasteiger partial charge in [0.15, 0.2) is 0 Å². The second kappa shape index (κ2) is 5.16. The quantitative estimate of drug-likeness (QED) is 0.580. The molecule has 5 nitrogen and oxygen atoms in total. The van der Waals surface area contributed by atoms with Crippen molar-refractivity contribution in [2.75, 3.05) is 17.3 Å². The molecule has 0 saturated carbocycles. The maximum Gasteiger partial charge on any atom is 0.141 e. The maximum absolute atomic E-state index is 5.65. The van der Waals surface area contributed by atoms with Gasteiger partial charge in [-0.15, -0.1) is 0 Å². The average molecular weight is 256 g/mol. The largest absolute Gasteiger partial charge is 0.493 e. The number of nitrogens with two attached hydrogens (primary N) is 1. The van der Waals surface area contributed by atoms with Gasteiger partial charge < -0.3 is 15.5 Å². The fraction of sp³-hybridized carbons (Fsp3) is 0.214. The molecule has 2 aromatic rings. The smallest absolute Gasteiger partial charge is 0.141 e. The molecule has 1 aromatic heterocycles. The number of fused-ring (bicyclic) bond motifs is 1. The van der Waals surface area contributed by atoms with Crippen molar-refractivity contribution in [1.29, 1.82) is 0 Å². The Morgan fingerprint density at radius 2 is 2.16 bits per heavy atom. The van der Waals surface area contributed by atoms with E-state index in [1.165, 1.54) is 5.56 Å². The van der Waals surface area contributed by atoms with Gasteiger partial charge in [-0.05, 0) is 12.1 Å². The number of nitrogens with one attached hydrogen (secondary N) is 2. The Bertz CT molecular complexity index is 573. The summed E-state index contributed by atoms with van der Waals surface area (Å²) < 4.78 is 5.65. The van der Waals surface area contributed by atoms with Crippen molar-refractivity contribution in [1.82, 2.24) is 4.98 Å². The highest BCUT2D eigenvalue weighted by molar-refractivity contribution is 5.53. The third-order valence-corrected chi connectivity index (χ3v) is 3.21. The van der Waals surface area contributed by atoms with Crippen LogP contribution in [0.2, 0.25) is 0 Å². The van der Waals surface area contributed by atoms with Crippen molar-refractivity contribution >= 4 is 11.5 Å². The van der Waals surface area contributed by atoms with E-state index < -0.39 is 0 Å². The van der Waals surface area contributed by atoms with Crippen LogP contribution in [0.15, 0.2) is 42.6 Å². The zero-order valence-electron chi connectivity index (χ0n) is 10.5. The fourth-order valence-corrected chi connectivity index (χ4v) is 2.29. The summed E-state index contributed by atoms with van der Waals surface area (Å²) in [6, 6.07) is 12.2. The number of aromatic nitrogens is 1. The van der Waals surface area contributed by atoms with Crippen molar-refractivity contribution in [2.45, 2.75) is 12.5 Å². The predicted molar refractivity (Wildman–Crippen MR) is 75.0 cm³/mol. The molecule has 19 heavy (non-hydrogen) atoms. The van der Waals surface area contributed by atoms with Crippen LogP contribution in [0.5, 0.6) is 5.75 Å². The van der Waals surface area contributed by atoms with Gasteiger partial charge in [0.25, 0.3) is 0 Å². The fourth-order valence-electron chi connectivity index (χ4n) is 2.29. The number of hydrogen-bond acceptors (Lipinski definition) is 5. The Kier molecular flexibility index (Phi) is 3.20. The van der Waals surface area contributed by atoms with Crippen molar-refractivity contribution in [3.05, 3.63) is 48.2 Å². The van der Waals surface area contributed by atoms with Crippen molar-refractivity contribution in [3.8, 4) is 5.75 Å². The number of ether oxygens (including phenoxy) is 1. The summed E-state index contributed by atoms with van der Waals surface area (Å²) in [5.41, 5.74) is 4.73. The first-order chi connectivity index (χ1) is 9.36. The minimum Gasteiger partial charge on any atom is -0.493 e. The van der Waals surface area contributed by atoms with Gasteiger partial charge in [-0.25, -0.2) is 10.8 Å². The number of hydrogen-bond donors (Lipinski definition) is 3. The standard InChI is InChI=1S/C14H16N4O/c15-18-14-9-10(5-7-16-14)17-12-6-8-19-13-4-2-1-3-11(12)13/h1-5,7,9,12H,6,8,15H2,(H2,16,17,18). The predicted octanol–water partition coefficient (Wildman–Crippen LogP) is 2.30. The summed E-state index contributed by atoms with van der Waals surface area (Å²) in [4.78, 5) is 4.09. The molecule has 0 spiro atoms. The van der Waals surface area contributed by atoms with E-state index in [9.17, 15) is 0 Å². The van der Waals surface area contributed by atoms with Crippen molar-refractivity contribution in [3.63, 3.8) is 0 Å². The molecule has 0 fully saturated rings. The number of benzene rings is 1. The molecule has 0 amide bonds. The molecule has 1 aliphatic heterocycles. The van der Waals surface area contributed by atoms with Gasteiger partial charge in [-0.3, -0.25) is 0 Å². The van der Waals surface area contributed by atoms with Gasteiger partial charge in [0.2, 0.25) is 0 Å². The highest BCUT2D eigenvalue weighted by Crippen LogP contribution is 2.34. The molecule has 2 heterocycles. The molecule has 98 valence electrons. The SMILES string of the molecule is NNc1cc(NC2CCOc3ccccc32)ccn1.